The SMILES string of the molecule is N#CCCCS(=O)Cl. The molecule has 0 fully saturated rings. The molecule has 0 N–H and O–H groups in total. The molecule has 0 aliphatic rings. The van der Waals surface area contributed by atoms with Crippen LogP contribution in [0.2, 0.25) is 0 Å². The van der Waals surface area contributed by atoms with E-state index in [1.54, 1.807) is 0 Å². The highest BCUT2D eigenvalue weighted by atomic mass is 35.7. The van der Waals surface area contributed by atoms with Crippen LogP contribution < -0.4 is 0 Å². The van der Waals surface area contributed by atoms with Gasteiger partial charge in [-0.25, -0.2) is 4.21 Å². The summed E-state index contributed by atoms with van der Waals surface area (Å²) in [4.78, 5) is 0. The van der Waals surface area contributed by atoms with Gasteiger partial charge in [0.25, 0.3) is 0 Å². The van der Waals surface area contributed by atoms with E-state index in [0.717, 1.165) is 0 Å². The smallest absolute Gasteiger partial charge is 0.114 e. The third-order valence-corrected chi connectivity index (χ3v) is 1.67. The fourth-order valence-corrected chi connectivity index (χ4v) is 0.963. The Labute approximate surface area is 55.4 Å². The number of hydrogen-bond acceptors (Lipinski definition) is 2. The zero-order chi connectivity index (χ0) is 6.41. The lowest BCUT2D eigenvalue weighted by molar-refractivity contribution is 0.689. The van der Waals surface area contributed by atoms with Crippen molar-refractivity contribution in [2.45, 2.75) is 12.8 Å². The van der Waals surface area contributed by atoms with Gasteiger partial charge in [0.05, 0.1) is 6.07 Å². The second kappa shape index (κ2) is 5.07. The molecule has 0 aromatic heterocycles. The average molecular weight is 152 g/mol. The van der Waals surface area contributed by atoms with E-state index >= 15 is 0 Å². The van der Waals surface area contributed by atoms with Crippen LogP contribution in [0.15, 0.2) is 0 Å². The largest absolute Gasteiger partial charge is 0.243 e. The molecule has 0 rings (SSSR count). The number of nitriles is 1. The molecule has 0 heterocycles. The van der Waals surface area contributed by atoms with Crippen molar-refractivity contribution >= 4 is 20.7 Å². The van der Waals surface area contributed by atoms with Gasteiger partial charge in [0.1, 0.15) is 10.0 Å². The molecule has 4 heteroatoms. The number of hydrogen-bond donors (Lipinski definition) is 0. The molecule has 0 bridgehead atoms. The summed E-state index contributed by atoms with van der Waals surface area (Å²) in [5.41, 5.74) is 0. The summed E-state index contributed by atoms with van der Waals surface area (Å²) >= 11 is 0. The maximum absolute atomic E-state index is 10.1. The van der Waals surface area contributed by atoms with Gasteiger partial charge in [0.2, 0.25) is 0 Å². The van der Waals surface area contributed by atoms with E-state index in [9.17, 15) is 4.21 Å². The minimum atomic E-state index is -1.25. The first-order chi connectivity index (χ1) is 3.77. The first kappa shape index (κ1) is 7.93. The number of halogens is 1. The van der Waals surface area contributed by atoms with Crippen LogP contribution in [0.25, 0.3) is 0 Å². The van der Waals surface area contributed by atoms with Crippen LogP contribution in [-0.2, 0) is 10.0 Å². The van der Waals surface area contributed by atoms with Gasteiger partial charge in [-0.15, -0.1) is 0 Å². The lowest BCUT2D eigenvalue weighted by atomic mass is 10.4. The predicted octanol–water partition coefficient (Wildman–Crippen LogP) is 1.19. The normalized spacial score (nSPS) is 12.5. The van der Waals surface area contributed by atoms with Crippen LogP contribution in [0.5, 0.6) is 0 Å². The molecule has 0 aliphatic heterocycles. The summed E-state index contributed by atoms with van der Waals surface area (Å²) in [6, 6.07) is 1.93. The van der Waals surface area contributed by atoms with Crippen molar-refractivity contribution in [2.75, 3.05) is 5.75 Å². The average Bonchev–Trinajstić information content (AvgIpc) is 1.66. The van der Waals surface area contributed by atoms with Gasteiger partial charge in [-0.3, -0.25) is 0 Å². The van der Waals surface area contributed by atoms with Crippen molar-refractivity contribution < 1.29 is 4.21 Å². The summed E-state index contributed by atoms with van der Waals surface area (Å²) in [7, 11) is 3.83. The van der Waals surface area contributed by atoms with Crippen LogP contribution in [0.1, 0.15) is 12.8 Å². The summed E-state index contributed by atoms with van der Waals surface area (Å²) in [5, 5.41) is 7.99. The van der Waals surface area contributed by atoms with Crippen LogP contribution in [0.4, 0.5) is 0 Å². The summed E-state index contributed by atoms with van der Waals surface area (Å²) in [6.07, 6.45) is 1.07. The summed E-state index contributed by atoms with van der Waals surface area (Å²) in [5.74, 6) is 0.426. The van der Waals surface area contributed by atoms with Crippen LogP contribution in [0.3, 0.4) is 0 Å². The third kappa shape index (κ3) is 5.93. The fourth-order valence-electron chi connectivity index (χ4n) is 0.265. The van der Waals surface area contributed by atoms with E-state index in [0.29, 0.717) is 18.6 Å². The van der Waals surface area contributed by atoms with Gasteiger partial charge in [-0.2, -0.15) is 5.26 Å². The van der Waals surface area contributed by atoms with E-state index in [-0.39, 0.29) is 0 Å². The van der Waals surface area contributed by atoms with Gasteiger partial charge >= 0.3 is 0 Å². The molecule has 1 atom stereocenters. The molecular weight excluding hydrogens is 146 g/mol. The highest BCUT2D eigenvalue weighted by Crippen LogP contribution is 1.94. The minimum absolute atomic E-state index is 0.426. The topological polar surface area (TPSA) is 40.9 Å². The molecule has 0 amide bonds. The molecule has 8 heavy (non-hydrogen) atoms. The van der Waals surface area contributed by atoms with Crippen molar-refractivity contribution in [3.63, 3.8) is 0 Å². The Balaban J connectivity index is 2.97. The van der Waals surface area contributed by atoms with Gasteiger partial charge < -0.3 is 0 Å². The lowest BCUT2D eigenvalue weighted by Gasteiger charge is -1.84. The standard InChI is InChI=1S/C4H6ClNOS/c5-8(7)4-2-1-3-6/h1-2,4H2. The quantitative estimate of drug-likeness (QED) is 0.449. The second-order valence-corrected chi connectivity index (χ2v) is 3.28. The minimum Gasteiger partial charge on any atom is -0.243 e. The molecule has 0 saturated heterocycles. The van der Waals surface area contributed by atoms with Gasteiger partial charge in [-0.1, -0.05) is 0 Å². The Morgan fingerprint density at radius 3 is 2.75 bits per heavy atom. The van der Waals surface area contributed by atoms with E-state index in [4.69, 9.17) is 15.9 Å². The van der Waals surface area contributed by atoms with E-state index in [1.807, 2.05) is 6.07 Å². The van der Waals surface area contributed by atoms with Crippen molar-refractivity contribution in [3.05, 3.63) is 0 Å². The predicted molar refractivity (Wildman–Crippen MR) is 33.7 cm³/mol. The monoisotopic (exact) mass is 151 g/mol. The third-order valence-electron chi connectivity index (χ3n) is 0.593. The molecule has 0 aliphatic carbocycles. The number of unbranched alkanes of at least 4 members (excludes halogenated alkanes) is 1. The molecule has 0 spiro atoms. The van der Waals surface area contributed by atoms with Gasteiger partial charge in [-0.05, 0) is 17.1 Å². The molecule has 0 radical (unpaired) electrons. The van der Waals surface area contributed by atoms with Crippen LogP contribution in [0, 0.1) is 11.3 Å². The lowest BCUT2D eigenvalue weighted by Crippen LogP contribution is -1.86. The highest BCUT2D eigenvalue weighted by Gasteiger charge is 1.90. The first-order valence-corrected chi connectivity index (χ1v) is 4.33. The van der Waals surface area contributed by atoms with E-state index in [2.05, 4.69) is 0 Å². The van der Waals surface area contributed by atoms with Crippen LogP contribution in [-0.4, -0.2) is 9.96 Å². The maximum Gasteiger partial charge on any atom is 0.114 e. The van der Waals surface area contributed by atoms with Crippen molar-refractivity contribution in [1.29, 1.82) is 5.26 Å². The first-order valence-electron chi connectivity index (χ1n) is 2.19. The zero-order valence-electron chi connectivity index (χ0n) is 4.26. The molecule has 1 unspecified atom stereocenters. The highest BCUT2D eigenvalue weighted by molar-refractivity contribution is 8.08. The molecule has 46 valence electrons. The molecule has 2 nitrogen and oxygen atoms in total. The summed E-state index contributed by atoms with van der Waals surface area (Å²) < 4.78 is 10.1. The number of nitrogens with zero attached hydrogens (tertiary/aromatic N) is 1. The summed E-state index contributed by atoms with van der Waals surface area (Å²) in [6.45, 7) is 0. The molecule has 0 aromatic rings. The van der Waals surface area contributed by atoms with Crippen molar-refractivity contribution in [3.8, 4) is 6.07 Å². The fraction of sp³-hybridized carbons (Fsp3) is 0.750. The Kier molecular flexibility index (Phi) is 5.03. The van der Waals surface area contributed by atoms with Crippen LogP contribution >= 0.6 is 10.7 Å². The zero-order valence-corrected chi connectivity index (χ0v) is 5.84. The second-order valence-electron chi connectivity index (χ2n) is 1.26. The van der Waals surface area contributed by atoms with Gasteiger partial charge in [0.15, 0.2) is 0 Å². The number of rotatable bonds is 3. The molecule has 0 aromatic carbocycles. The Morgan fingerprint density at radius 1 is 1.75 bits per heavy atom. The van der Waals surface area contributed by atoms with Gasteiger partial charge in [0, 0.05) is 12.2 Å². The van der Waals surface area contributed by atoms with Crippen molar-refractivity contribution in [1.82, 2.24) is 0 Å². The Bertz CT molecular complexity index is 120. The molecular formula is C4H6ClNOS. The van der Waals surface area contributed by atoms with E-state index < -0.39 is 10.0 Å². The Morgan fingerprint density at radius 2 is 2.38 bits per heavy atom. The maximum atomic E-state index is 10.1. The van der Waals surface area contributed by atoms with E-state index in [1.165, 1.54) is 0 Å². The van der Waals surface area contributed by atoms with Crippen molar-refractivity contribution in [2.24, 2.45) is 0 Å². The molecule has 0 saturated carbocycles. The Hall–Kier alpha value is -0.0700.